The molecule has 1 saturated carbocycles. The lowest BCUT2D eigenvalue weighted by Crippen LogP contribution is -2.47. The van der Waals surface area contributed by atoms with Crippen molar-refractivity contribution in [1.29, 1.82) is 0 Å². The van der Waals surface area contributed by atoms with Crippen LogP contribution < -0.4 is 5.32 Å². The Morgan fingerprint density at radius 1 is 1.43 bits per heavy atom. The van der Waals surface area contributed by atoms with Gasteiger partial charge in [0.15, 0.2) is 0 Å². The summed E-state index contributed by atoms with van der Waals surface area (Å²) in [7, 11) is 1.86. The molecule has 3 rings (SSSR count). The maximum atomic E-state index is 12.5. The van der Waals surface area contributed by atoms with Crippen molar-refractivity contribution < 1.29 is 14.6 Å². The van der Waals surface area contributed by atoms with Crippen molar-refractivity contribution in [1.82, 2.24) is 15.1 Å². The summed E-state index contributed by atoms with van der Waals surface area (Å²) in [4.78, 5) is 12.5. The molecule has 0 radical (unpaired) electrons. The number of aromatic nitrogens is 2. The highest BCUT2D eigenvalue weighted by Gasteiger charge is 2.38. The van der Waals surface area contributed by atoms with Gasteiger partial charge in [0, 0.05) is 19.9 Å². The molecule has 0 bridgehead atoms. The van der Waals surface area contributed by atoms with E-state index < -0.39 is 6.10 Å². The maximum absolute atomic E-state index is 12.5. The molecule has 0 aromatic carbocycles. The molecule has 2 fully saturated rings. The molecule has 21 heavy (non-hydrogen) atoms. The Bertz CT molecular complexity index is 502. The first-order valence-electron chi connectivity index (χ1n) is 7.75. The predicted molar refractivity (Wildman–Crippen MR) is 76.4 cm³/mol. The fraction of sp³-hybridized carbons (Fsp3) is 0.733. The fourth-order valence-electron chi connectivity index (χ4n) is 3.38. The van der Waals surface area contributed by atoms with Gasteiger partial charge in [0.05, 0.1) is 23.8 Å². The molecule has 2 heterocycles. The number of aliphatic hydroxyl groups is 1. The van der Waals surface area contributed by atoms with Gasteiger partial charge in [-0.1, -0.05) is 12.8 Å². The first-order valence-corrected chi connectivity index (χ1v) is 7.75. The number of ether oxygens (including phenoxy) is 1. The molecule has 1 saturated heterocycles. The van der Waals surface area contributed by atoms with Crippen molar-refractivity contribution in [3.05, 3.63) is 18.0 Å². The van der Waals surface area contributed by atoms with Crippen LogP contribution in [0.4, 0.5) is 0 Å². The van der Waals surface area contributed by atoms with E-state index in [2.05, 4.69) is 10.4 Å². The van der Waals surface area contributed by atoms with Gasteiger partial charge >= 0.3 is 0 Å². The molecule has 116 valence electrons. The first kappa shape index (κ1) is 14.5. The van der Waals surface area contributed by atoms with Gasteiger partial charge in [0.1, 0.15) is 6.10 Å². The zero-order valence-electron chi connectivity index (χ0n) is 12.4. The molecular weight excluding hydrogens is 270 g/mol. The lowest BCUT2D eigenvalue weighted by atomic mass is 9.91. The quantitative estimate of drug-likeness (QED) is 0.869. The molecule has 1 aliphatic carbocycles. The second kappa shape index (κ2) is 6.15. The van der Waals surface area contributed by atoms with E-state index in [1.54, 1.807) is 10.9 Å². The number of aryl methyl sites for hydroxylation is 1. The number of aliphatic hydroxyl groups excluding tert-OH is 1. The van der Waals surface area contributed by atoms with Crippen molar-refractivity contribution >= 4 is 5.91 Å². The largest absolute Gasteiger partial charge is 0.391 e. The number of rotatable bonds is 3. The molecule has 6 heteroatoms. The third kappa shape index (κ3) is 2.96. The molecule has 1 aromatic heterocycles. The van der Waals surface area contributed by atoms with Crippen LogP contribution in [0, 0.1) is 5.92 Å². The summed E-state index contributed by atoms with van der Waals surface area (Å²) >= 11 is 0. The SMILES string of the molecule is Cn1nccc1[C@@H]1OCC[C@H]1C(=O)N[C@H]1CCCC[C@H]1O. The topological polar surface area (TPSA) is 76.4 Å². The summed E-state index contributed by atoms with van der Waals surface area (Å²) in [6.45, 7) is 0.584. The Hall–Kier alpha value is -1.40. The molecule has 6 nitrogen and oxygen atoms in total. The number of hydrogen-bond acceptors (Lipinski definition) is 4. The van der Waals surface area contributed by atoms with Gasteiger partial charge in [-0.3, -0.25) is 9.48 Å². The van der Waals surface area contributed by atoms with Crippen LogP contribution in [0.25, 0.3) is 0 Å². The second-order valence-electron chi connectivity index (χ2n) is 6.03. The molecule has 2 N–H and O–H groups in total. The average Bonchev–Trinajstić information content (AvgIpc) is 3.09. The summed E-state index contributed by atoms with van der Waals surface area (Å²) in [5.74, 6) is -0.209. The zero-order valence-corrected chi connectivity index (χ0v) is 12.4. The van der Waals surface area contributed by atoms with Crippen LogP contribution in [0.5, 0.6) is 0 Å². The van der Waals surface area contributed by atoms with Crippen molar-refractivity contribution in [2.45, 2.75) is 50.4 Å². The third-order valence-corrected chi connectivity index (χ3v) is 4.64. The van der Waals surface area contributed by atoms with Crippen LogP contribution >= 0.6 is 0 Å². The summed E-state index contributed by atoms with van der Waals surface area (Å²) in [6, 6.07) is 1.78. The van der Waals surface area contributed by atoms with Gasteiger partial charge in [-0.25, -0.2) is 0 Å². The number of amides is 1. The number of carbonyl (C=O) groups is 1. The lowest BCUT2D eigenvalue weighted by molar-refractivity contribution is -0.128. The van der Waals surface area contributed by atoms with Crippen LogP contribution in [-0.4, -0.2) is 39.5 Å². The Kier molecular flexibility index (Phi) is 4.26. The average molecular weight is 293 g/mol. The smallest absolute Gasteiger partial charge is 0.226 e. The molecule has 0 unspecified atom stereocenters. The molecule has 4 atom stereocenters. The molecule has 1 aromatic rings. The predicted octanol–water partition coefficient (Wildman–Crippen LogP) is 0.917. The van der Waals surface area contributed by atoms with Crippen LogP contribution in [0.15, 0.2) is 12.3 Å². The van der Waals surface area contributed by atoms with E-state index >= 15 is 0 Å². The third-order valence-electron chi connectivity index (χ3n) is 4.64. The van der Waals surface area contributed by atoms with Crippen molar-refractivity contribution in [3.63, 3.8) is 0 Å². The minimum absolute atomic E-state index is 0.00958. The zero-order chi connectivity index (χ0) is 14.8. The Morgan fingerprint density at radius 2 is 2.24 bits per heavy atom. The van der Waals surface area contributed by atoms with Gasteiger partial charge in [-0.2, -0.15) is 5.10 Å². The van der Waals surface area contributed by atoms with Crippen molar-refractivity contribution in [2.24, 2.45) is 13.0 Å². The lowest BCUT2D eigenvalue weighted by Gasteiger charge is -2.30. The summed E-state index contributed by atoms with van der Waals surface area (Å²) in [5.41, 5.74) is 0.928. The number of hydrogen-bond donors (Lipinski definition) is 2. The van der Waals surface area contributed by atoms with E-state index in [4.69, 9.17) is 4.74 Å². The van der Waals surface area contributed by atoms with Gasteiger partial charge in [0.2, 0.25) is 5.91 Å². The van der Waals surface area contributed by atoms with Crippen molar-refractivity contribution in [2.75, 3.05) is 6.61 Å². The normalized spacial score (nSPS) is 33.0. The Labute approximate surface area is 124 Å². The van der Waals surface area contributed by atoms with Gasteiger partial charge in [-0.05, 0) is 25.3 Å². The number of nitrogens with zero attached hydrogens (tertiary/aromatic N) is 2. The minimum atomic E-state index is -0.417. The summed E-state index contributed by atoms with van der Waals surface area (Å²) in [6.07, 6.45) is 5.51. The fourth-order valence-corrected chi connectivity index (χ4v) is 3.38. The van der Waals surface area contributed by atoms with E-state index in [0.717, 1.165) is 31.4 Å². The van der Waals surface area contributed by atoms with E-state index in [1.807, 2.05) is 13.1 Å². The van der Waals surface area contributed by atoms with E-state index in [-0.39, 0.29) is 24.0 Å². The maximum Gasteiger partial charge on any atom is 0.226 e. The first-order chi connectivity index (χ1) is 10.2. The second-order valence-corrected chi connectivity index (χ2v) is 6.03. The molecule has 2 aliphatic rings. The van der Waals surface area contributed by atoms with Gasteiger partial charge in [0.25, 0.3) is 0 Å². The molecule has 1 aliphatic heterocycles. The highest BCUT2D eigenvalue weighted by molar-refractivity contribution is 5.80. The van der Waals surface area contributed by atoms with E-state index in [0.29, 0.717) is 13.0 Å². The summed E-state index contributed by atoms with van der Waals surface area (Å²) < 4.78 is 7.50. The van der Waals surface area contributed by atoms with E-state index in [9.17, 15) is 9.90 Å². The number of carbonyl (C=O) groups excluding carboxylic acids is 1. The standard InChI is InChI=1S/C15H23N3O3/c1-18-12(6-8-16-18)14-10(7-9-21-14)15(20)17-11-4-2-3-5-13(11)19/h6,8,10-11,13-14,19H,2-5,7,9H2,1H3,(H,17,20)/t10-,11+,13-,14-/m1/s1. The summed E-state index contributed by atoms with van der Waals surface area (Å²) in [5, 5.41) is 17.2. The van der Waals surface area contributed by atoms with Crippen LogP contribution in [0.3, 0.4) is 0 Å². The Balaban J connectivity index is 1.67. The minimum Gasteiger partial charge on any atom is -0.391 e. The van der Waals surface area contributed by atoms with Crippen LogP contribution in [-0.2, 0) is 16.6 Å². The van der Waals surface area contributed by atoms with Crippen LogP contribution in [0.1, 0.15) is 43.9 Å². The van der Waals surface area contributed by atoms with Gasteiger partial charge < -0.3 is 15.2 Å². The monoisotopic (exact) mass is 293 g/mol. The van der Waals surface area contributed by atoms with Gasteiger partial charge in [-0.15, -0.1) is 0 Å². The molecular formula is C15H23N3O3. The van der Waals surface area contributed by atoms with E-state index in [1.165, 1.54) is 0 Å². The van der Waals surface area contributed by atoms with Crippen LogP contribution in [0.2, 0.25) is 0 Å². The molecule has 1 amide bonds. The Morgan fingerprint density at radius 3 is 2.95 bits per heavy atom. The highest BCUT2D eigenvalue weighted by Crippen LogP contribution is 2.34. The molecule has 0 spiro atoms. The highest BCUT2D eigenvalue weighted by atomic mass is 16.5. The number of nitrogens with one attached hydrogen (secondary N) is 1. The van der Waals surface area contributed by atoms with Crippen molar-refractivity contribution in [3.8, 4) is 0 Å².